The Balaban J connectivity index is 2.63. The second-order valence-electron chi connectivity index (χ2n) is 3.17. The molecule has 1 fully saturated rings. The van der Waals surface area contributed by atoms with E-state index in [2.05, 4.69) is 15.6 Å². The number of amidine groups is 1. The van der Waals surface area contributed by atoms with Gasteiger partial charge < -0.3 is 10.6 Å². The predicted molar refractivity (Wildman–Crippen MR) is 56.0 cm³/mol. The molecule has 1 aliphatic heterocycles. The molecule has 1 rings (SSSR count). The summed E-state index contributed by atoms with van der Waals surface area (Å²) in [6, 6.07) is 0. The Morgan fingerprint density at radius 3 is 2.85 bits per heavy atom. The van der Waals surface area contributed by atoms with Gasteiger partial charge in [-0.2, -0.15) is 0 Å². The molecule has 1 aliphatic rings. The minimum atomic E-state index is -0.349. The molecule has 0 bridgehead atoms. The second kappa shape index (κ2) is 4.11. The van der Waals surface area contributed by atoms with Gasteiger partial charge in [0.15, 0.2) is 5.17 Å². The minimum absolute atomic E-state index is 0.0633. The molecule has 0 aromatic carbocycles. The van der Waals surface area contributed by atoms with E-state index < -0.39 is 0 Å². The van der Waals surface area contributed by atoms with E-state index in [0.29, 0.717) is 0 Å². The standard InChI is InChI=1S/C8H15N3OS/c1-8(4-5-9-2)6(12)11-7(10-3)13-8/h9H,4-5H2,1-3H3,(H,10,11,12). The van der Waals surface area contributed by atoms with Crippen LogP contribution in [-0.4, -0.2) is 36.5 Å². The SMILES string of the molecule is CN=C1NC(=O)C(C)(CCNC)S1. The van der Waals surface area contributed by atoms with Crippen LogP contribution in [0.15, 0.2) is 4.99 Å². The van der Waals surface area contributed by atoms with Crippen LogP contribution in [0, 0.1) is 0 Å². The van der Waals surface area contributed by atoms with Crippen molar-refractivity contribution in [2.75, 3.05) is 20.6 Å². The third-order valence-electron chi connectivity index (χ3n) is 2.08. The largest absolute Gasteiger partial charge is 0.320 e. The summed E-state index contributed by atoms with van der Waals surface area (Å²) in [4.78, 5) is 15.5. The topological polar surface area (TPSA) is 53.5 Å². The monoisotopic (exact) mass is 201 g/mol. The van der Waals surface area contributed by atoms with E-state index in [-0.39, 0.29) is 10.7 Å². The van der Waals surface area contributed by atoms with Crippen LogP contribution in [0.1, 0.15) is 13.3 Å². The van der Waals surface area contributed by atoms with E-state index in [1.54, 1.807) is 7.05 Å². The van der Waals surface area contributed by atoms with Gasteiger partial charge in [0.25, 0.3) is 0 Å². The highest BCUT2D eigenvalue weighted by Crippen LogP contribution is 2.34. The van der Waals surface area contributed by atoms with E-state index in [4.69, 9.17) is 0 Å². The average Bonchev–Trinajstić information content (AvgIpc) is 2.40. The molecule has 1 saturated heterocycles. The van der Waals surface area contributed by atoms with E-state index in [1.165, 1.54) is 11.8 Å². The van der Waals surface area contributed by atoms with Crippen molar-refractivity contribution in [2.45, 2.75) is 18.1 Å². The highest BCUT2D eigenvalue weighted by atomic mass is 32.2. The van der Waals surface area contributed by atoms with Crippen molar-refractivity contribution in [1.29, 1.82) is 0 Å². The Morgan fingerprint density at radius 2 is 2.38 bits per heavy atom. The third kappa shape index (κ3) is 2.22. The zero-order chi connectivity index (χ0) is 9.90. The molecule has 0 aromatic rings. The van der Waals surface area contributed by atoms with Crippen LogP contribution >= 0.6 is 11.8 Å². The van der Waals surface area contributed by atoms with Gasteiger partial charge in [0.05, 0.1) is 0 Å². The molecule has 2 N–H and O–H groups in total. The number of thioether (sulfide) groups is 1. The maximum atomic E-state index is 11.5. The van der Waals surface area contributed by atoms with E-state index in [0.717, 1.165) is 18.1 Å². The van der Waals surface area contributed by atoms with Crippen molar-refractivity contribution in [2.24, 2.45) is 4.99 Å². The fourth-order valence-corrected chi connectivity index (χ4v) is 2.15. The molecule has 0 aromatic heterocycles. The van der Waals surface area contributed by atoms with Crippen molar-refractivity contribution < 1.29 is 4.79 Å². The molecule has 0 saturated carbocycles. The Bertz CT molecular complexity index is 242. The van der Waals surface area contributed by atoms with Crippen LogP contribution < -0.4 is 10.6 Å². The van der Waals surface area contributed by atoms with E-state index >= 15 is 0 Å². The molecular weight excluding hydrogens is 186 g/mol. The first-order chi connectivity index (χ1) is 6.12. The maximum absolute atomic E-state index is 11.5. The lowest BCUT2D eigenvalue weighted by atomic mass is 10.1. The summed E-state index contributed by atoms with van der Waals surface area (Å²) in [6.45, 7) is 2.79. The minimum Gasteiger partial charge on any atom is -0.320 e. The van der Waals surface area contributed by atoms with Gasteiger partial charge in [-0.3, -0.25) is 9.79 Å². The van der Waals surface area contributed by atoms with Gasteiger partial charge in [-0.1, -0.05) is 11.8 Å². The van der Waals surface area contributed by atoms with Crippen LogP contribution in [0.2, 0.25) is 0 Å². The van der Waals surface area contributed by atoms with Gasteiger partial charge in [0.1, 0.15) is 4.75 Å². The number of carbonyl (C=O) groups is 1. The number of aliphatic imine (C=N–C) groups is 1. The summed E-state index contributed by atoms with van der Waals surface area (Å²) in [6.07, 6.45) is 0.818. The molecule has 5 heteroatoms. The number of nitrogens with zero attached hydrogens (tertiary/aromatic N) is 1. The van der Waals surface area contributed by atoms with Crippen LogP contribution in [0.3, 0.4) is 0 Å². The number of nitrogens with one attached hydrogen (secondary N) is 2. The molecule has 1 amide bonds. The van der Waals surface area contributed by atoms with Crippen LogP contribution in [0.5, 0.6) is 0 Å². The first-order valence-electron chi connectivity index (χ1n) is 4.24. The highest BCUT2D eigenvalue weighted by Gasteiger charge is 2.41. The van der Waals surface area contributed by atoms with Crippen molar-refractivity contribution >= 4 is 22.8 Å². The Hall–Kier alpha value is -0.550. The average molecular weight is 201 g/mol. The van der Waals surface area contributed by atoms with Crippen LogP contribution in [0.4, 0.5) is 0 Å². The van der Waals surface area contributed by atoms with E-state index in [1.807, 2.05) is 14.0 Å². The summed E-state index contributed by atoms with van der Waals surface area (Å²) < 4.78 is -0.349. The number of hydrogen-bond acceptors (Lipinski definition) is 4. The van der Waals surface area contributed by atoms with Crippen molar-refractivity contribution in [3.05, 3.63) is 0 Å². The quantitative estimate of drug-likeness (QED) is 0.686. The van der Waals surface area contributed by atoms with Crippen LogP contribution in [0.25, 0.3) is 0 Å². The first kappa shape index (κ1) is 10.5. The Kier molecular flexibility index (Phi) is 3.33. The van der Waals surface area contributed by atoms with Gasteiger partial charge in [-0.25, -0.2) is 0 Å². The van der Waals surface area contributed by atoms with Gasteiger partial charge in [-0.15, -0.1) is 0 Å². The molecule has 1 unspecified atom stereocenters. The Morgan fingerprint density at radius 1 is 1.69 bits per heavy atom. The molecule has 0 aliphatic carbocycles. The zero-order valence-corrected chi connectivity index (χ0v) is 8.99. The molecule has 13 heavy (non-hydrogen) atoms. The molecule has 0 radical (unpaired) electrons. The number of rotatable bonds is 3. The van der Waals surface area contributed by atoms with Crippen molar-refractivity contribution in [1.82, 2.24) is 10.6 Å². The van der Waals surface area contributed by atoms with Crippen LogP contribution in [-0.2, 0) is 4.79 Å². The lowest BCUT2D eigenvalue weighted by Gasteiger charge is -2.17. The molecule has 4 nitrogen and oxygen atoms in total. The summed E-state index contributed by atoms with van der Waals surface area (Å²) in [5.74, 6) is 0.0633. The van der Waals surface area contributed by atoms with Gasteiger partial charge in [0.2, 0.25) is 5.91 Å². The summed E-state index contributed by atoms with van der Waals surface area (Å²) >= 11 is 1.51. The second-order valence-corrected chi connectivity index (χ2v) is 4.66. The molecule has 1 atom stereocenters. The number of carbonyl (C=O) groups excluding carboxylic acids is 1. The van der Waals surface area contributed by atoms with Gasteiger partial charge >= 0.3 is 0 Å². The lowest BCUT2D eigenvalue weighted by Crippen LogP contribution is -2.36. The lowest BCUT2D eigenvalue weighted by molar-refractivity contribution is -0.121. The van der Waals surface area contributed by atoms with Crippen molar-refractivity contribution in [3.8, 4) is 0 Å². The molecule has 1 heterocycles. The van der Waals surface area contributed by atoms with Gasteiger partial charge in [0, 0.05) is 7.05 Å². The zero-order valence-electron chi connectivity index (χ0n) is 8.18. The third-order valence-corrected chi connectivity index (χ3v) is 3.40. The van der Waals surface area contributed by atoms with Gasteiger partial charge in [-0.05, 0) is 26.9 Å². The number of amides is 1. The Labute approximate surface area is 82.6 Å². The maximum Gasteiger partial charge on any atom is 0.242 e. The van der Waals surface area contributed by atoms with Crippen molar-refractivity contribution in [3.63, 3.8) is 0 Å². The fourth-order valence-electron chi connectivity index (χ4n) is 1.14. The predicted octanol–water partition coefficient (Wildman–Crippen LogP) is 0.203. The summed E-state index contributed by atoms with van der Waals surface area (Å²) in [5, 5.41) is 6.51. The summed E-state index contributed by atoms with van der Waals surface area (Å²) in [7, 11) is 3.57. The summed E-state index contributed by atoms with van der Waals surface area (Å²) in [5.41, 5.74) is 0. The highest BCUT2D eigenvalue weighted by molar-refractivity contribution is 8.16. The smallest absolute Gasteiger partial charge is 0.242 e. The first-order valence-corrected chi connectivity index (χ1v) is 5.06. The fraction of sp³-hybridized carbons (Fsp3) is 0.750. The molecular formula is C8H15N3OS. The molecule has 0 spiro atoms. The normalized spacial score (nSPS) is 31.0. The van der Waals surface area contributed by atoms with E-state index in [9.17, 15) is 4.79 Å². The molecule has 74 valence electrons. The number of hydrogen-bond donors (Lipinski definition) is 2.